The molecule has 0 saturated carbocycles. The van der Waals surface area contributed by atoms with Crippen LogP contribution in [0, 0.1) is 5.92 Å². The normalized spacial score (nSPS) is 16.1. The number of carbonyl (C=O) groups is 2. The van der Waals surface area contributed by atoms with E-state index < -0.39 is 0 Å². The lowest BCUT2D eigenvalue weighted by Gasteiger charge is -2.16. The van der Waals surface area contributed by atoms with Crippen LogP contribution in [0.15, 0.2) is 10.5 Å². The first-order chi connectivity index (χ1) is 7.02. The maximum Gasteiger partial charge on any atom is 0.308 e. The number of hydrogen-bond donors (Lipinski definition) is 0. The lowest BCUT2D eigenvalue weighted by molar-refractivity contribution is -0.146. The van der Waals surface area contributed by atoms with Crippen molar-refractivity contribution in [1.82, 2.24) is 0 Å². The SMILES string of the molecule is C.CC1=C(COC(=O)C(C)C)SCCC1=O. The van der Waals surface area contributed by atoms with Gasteiger partial charge in [0.1, 0.15) is 6.61 Å². The second-order valence-corrected chi connectivity index (χ2v) is 5.02. The van der Waals surface area contributed by atoms with Crippen molar-refractivity contribution < 1.29 is 14.3 Å². The van der Waals surface area contributed by atoms with Crippen molar-refractivity contribution >= 4 is 23.5 Å². The molecule has 0 aromatic carbocycles. The molecule has 16 heavy (non-hydrogen) atoms. The third-order valence-electron chi connectivity index (χ3n) is 2.26. The van der Waals surface area contributed by atoms with Gasteiger partial charge in [-0.15, -0.1) is 11.8 Å². The van der Waals surface area contributed by atoms with E-state index in [-0.39, 0.29) is 31.7 Å². The molecule has 0 amide bonds. The zero-order valence-corrected chi connectivity index (χ0v) is 10.1. The number of Topliss-reactive ketones (excluding diaryl/α,β-unsaturated/α-hetero) is 1. The summed E-state index contributed by atoms with van der Waals surface area (Å²) < 4.78 is 5.09. The molecule has 0 bridgehead atoms. The van der Waals surface area contributed by atoms with E-state index >= 15 is 0 Å². The minimum atomic E-state index is -0.214. The Balaban J connectivity index is 0.00000225. The van der Waals surface area contributed by atoms with E-state index in [0.29, 0.717) is 6.42 Å². The predicted octanol–water partition coefficient (Wildman–Crippen LogP) is 2.80. The molecular weight excluding hydrogens is 224 g/mol. The molecule has 0 aromatic heterocycles. The number of allylic oxidation sites excluding steroid dienone is 1. The fourth-order valence-electron chi connectivity index (χ4n) is 1.17. The molecule has 1 aliphatic rings. The minimum absolute atomic E-state index is 0. The van der Waals surface area contributed by atoms with Crippen molar-refractivity contribution in [2.24, 2.45) is 5.92 Å². The highest BCUT2D eigenvalue weighted by atomic mass is 32.2. The van der Waals surface area contributed by atoms with Crippen LogP contribution in [0.5, 0.6) is 0 Å². The van der Waals surface area contributed by atoms with E-state index in [2.05, 4.69) is 0 Å². The first-order valence-electron chi connectivity index (χ1n) is 5.04. The first kappa shape index (κ1) is 15.2. The standard InChI is InChI=1S/C11H16O3S.CH4/c1-7(2)11(13)14-6-10-8(3)9(12)4-5-15-10;/h7H,4-6H2,1-3H3;1H4. The number of hydrogen-bond acceptors (Lipinski definition) is 4. The van der Waals surface area contributed by atoms with Gasteiger partial charge in [0.2, 0.25) is 0 Å². The van der Waals surface area contributed by atoms with Gasteiger partial charge in [-0.3, -0.25) is 9.59 Å². The Morgan fingerprint density at radius 1 is 1.50 bits per heavy atom. The Bertz CT molecular complexity index is 305. The second-order valence-electron chi connectivity index (χ2n) is 3.83. The molecule has 0 atom stereocenters. The number of ether oxygens (including phenoxy) is 1. The second kappa shape index (κ2) is 6.74. The highest BCUT2D eigenvalue weighted by Gasteiger charge is 2.19. The highest BCUT2D eigenvalue weighted by Crippen LogP contribution is 2.27. The number of carbonyl (C=O) groups excluding carboxylic acids is 2. The van der Waals surface area contributed by atoms with Crippen LogP contribution in [-0.2, 0) is 14.3 Å². The van der Waals surface area contributed by atoms with Gasteiger partial charge in [0, 0.05) is 22.7 Å². The molecule has 0 aliphatic carbocycles. The van der Waals surface area contributed by atoms with Crippen LogP contribution in [0.3, 0.4) is 0 Å². The third kappa shape index (κ3) is 4.00. The molecule has 0 unspecified atom stereocenters. The van der Waals surface area contributed by atoms with Gasteiger partial charge in [0.15, 0.2) is 5.78 Å². The molecule has 0 radical (unpaired) electrons. The molecule has 4 heteroatoms. The molecule has 0 spiro atoms. The number of thioether (sulfide) groups is 1. The maximum atomic E-state index is 11.4. The molecule has 0 fully saturated rings. The summed E-state index contributed by atoms with van der Waals surface area (Å²) in [6.45, 7) is 5.64. The molecule has 3 nitrogen and oxygen atoms in total. The topological polar surface area (TPSA) is 43.4 Å². The Morgan fingerprint density at radius 3 is 2.69 bits per heavy atom. The van der Waals surface area contributed by atoms with Gasteiger partial charge in [-0.25, -0.2) is 0 Å². The summed E-state index contributed by atoms with van der Waals surface area (Å²) in [6.07, 6.45) is 0.595. The highest BCUT2D eigenvalue weighted by molar-refractivity contribution is 8.03. The Labute approximate surface area is 102 Å². The Morgan fingerprint density at radius 2 is 2.12 bits per heavy atom. The molecule has 1 rings (SSSR count). The van der Waals surface area contributed by atoms with E-state index in [4.69, 9.17) is 4.74 Å². The summed E-state index contributed by atoms with van der Waals surface area (Å²) in [7, 11) is 0. The van der Waals surface area contributed by atoms with Crippen molar-refractivity contribution in [3.63, 3.8) is 0 Å². The number of esters is 1. The van der Waals surface area contributed by atoms with Crippen LogP contribution < -0.4 is 0 Å². The summed E-state index contributed by atoms with van der Waals surface area (Å²) in [4.78, 5) is 23.5. The molecule has 1 aliphatic heterocycles. The fraction of sp³-hybridized carbons (Fsp3) is 0.667. The number of rotatable bonds is 3. The molecular formula is C12H20O3S. The van der Waals surface area contributed by atoms with Gasteiger partial charge >= 0.3 is 5.97 Å². The van der Waals surface area contributed by atoms with E-state index in [9.17, 15) is 9.59 Å². The van der Waals surface area contributed by atoms with Crippen LogP contribution in [-0.4, -0.2) is 24.1 Å². The molecule has 0 aromatic rings. The van der Waals surface area contributed by atoms with Gasteiger partial charge < -0.3 is 4.74 Å². The van der Waals surface area contributed by atoms with E-state index in [1.807, 2.05) is 0 Å². The van der Waals surface area contributed by atoms with Gasteiger partial charge in [-0.1, -0.05) is 21.3 Å². The van der Waals surface area contributed by atoms with E-state index in [1.165, 1.54) is 0 Å². The predicted molar refractivity (Wildman–Crippen MR) is 67.3 cm³/mol. The minimum Gasteiger partial charge on any atom is -0.460 e. The fourth-order valence-corrected chi connectivity index (χ4v) is 2.18. The quantitative estimate of drug-likeness (QED) is 0.716. The molecule has 0 saturated heterocycles. The van der Waals surface area contributed by atoms with Crippen LogP contribution in [0.2, 0.25) is 0 Å². The van der Waals surface area contributed by atoms with E-state index in [0.717, 1.165) is 16.2 Å². The summed E-state index contributed by atoms with van der Waals surface area (Å²) >= 11 is 1.61. The smallest absolute Gasteiger partial charge is 0.308 e. The third-order valence-corrected chi connectivity index (χ3v) is 3.44. The zero-order valence-electron chi connectivity index (χ0n) is 9.33. The van der Waals surface area contributed by atoms with Crippen LogP contribution >= 0.6 is 11.8 Å². The molecule has 92 valence electrons. The Hall–Kier alpha value is -0.770. The lowest BCUT2D eigenvalue weighted by Crippen LogP contribution is -2.16. The van der Waals surface area contributed by atoms with Crippen molar-refractivity contribution in [1.29, 1.82) is 0 Å². The summed E-state index contributed by atoms with van der Waals surface area (Å²) in [5.41, 5.74) is 0.753. The average Bonchev–Trinajstić information content (AvgIpc) is 2.19. The van der Waals surface area contributed by atoms with Gasteiger partial charge in [-0.2, -0.15) is 0 Å². The van der Waals surface area contributed by atoms with Gasteiger partial charge in [-0.05, 0) is 6.92 Å². The maximum absolute atomic E-state index is 11.4. The summed E-state index contributed by atoms with van der Waals surface area (Å²) in [5.74, 6) is 0.638. The van der Waals surface area contributed by atoms with Crippen molar-refractivity contribution in [2.75, 3.05) is 12.4 Å². The van der Waals surface area contributed by atoms with Gasteiger partial charge in [0.05, 0.1) is 5.92 Å². The van der Waals surface area contributed by atoms with Gasteiger partial charge in [0.25, 0.3) is 0 Å². The van der Waals surface area contributed by atoms with Crippen molar-refractivity contribution in [3.05, 3.63) is 10.5 Å². The van der Waals surface area contributed by atoms with Crippen LogP contribution in [0.25, 0.3) is 0 Å². The lowest BCUT2D eigenvalue weighted by atomic mass is 10.1. The first-order valence-corrected chi connectivity index (χ1v) is 6.03. The molecule has 0 N–H and O–H groups in total. The van der Waals surface area contributed by atoms with Crippen LogP contribution in [0.1, 0.15) is 34.6 Å². The Kier molecular flexibility index (Phi) is 6.41. The monoisotopic (exact) mass is 244 g/mol. The molecule has 1 heterocycles. The van der Waals surface area contributed by atoms with Crippen molar-refractivity contribution in [2.45, 2.75) is 34.6 Å². The van der Waals surface area contributed by atoms with E-state index in [1.54, 1.807) is 32.5 Å². The van der Waals surface area contributed by atoms with Crippen molar-refractivity contribution in [3.8, 4) is 0 Å². The zero-order chi connectivity index (χ0) is 11.4. The van der Waals surface area contributed by atoms with Crippen LogP contribution in [0.4, 0.5) is 0 Å². The summed E-state index contributed by atoms with van der Waals surface area (Å²) in [5, 5.41) is 0. The average molecular weight is 244 g/mol. The largest absolute Gasteiger partial charge is 0.460 e. The number of ketones is 1. The summed E-state index contributed by atoms with van der Waals surface area (Å²) in [6, 6.07) is 0.